The van der Waals surface area contributed by atoms with Crippen molar-refractivity contribution in [1.29, 1.82) is 0 Å². The summed E-state index contributed by atoms with van der Waals surface area (Å²) in [5.74, 6) is 1.49. The van der Waals surface area contributed by atoms with Crippen molar-refractivity contribution in [2.45, 2.75) is 31.6 Å². The van der Waals surface area contributed by atoms with E-state index in [0.717, 1.165) is 11.8 Å². The summed E-state index contributed by atoms with van der Waals surface area (Å²) in [4.78, 5) is 0. The zero-order valence-corrected chi connectivity index (χ0v) is 13.8. The lowest BCUT2D eigenvalue weighted by molar-refractivity contribution is 0.360. The molecule has 1 fully saturated rings. The van der Waals surface area contributed by atoms with Crippen molar-refractivity contribution in [3.63, 3.8) is 0 Å². The van der Waals surface area contributed by atoms with E-state index in [1.807, 2.05) is 0 Å². The van der Waals surface area contributed by atoms with Crippen molar-refractivity contribution in [1.82, 2.24) is 0 Å². The molecule has 3 aromatic rings. The summed E-state index contributed by atoms with van der Waals surface area (Å²) in [6.45, 7) is 0. The van der Waals surface area contributed by atoms with Gasteiger partial charge in [-0.05, 0) is 74.9 Å². The molecule has 0 radical (unpaired) electrons. The fourth-order valence-electron chi connectivity index (χ4n) is 5.41. The molecular weight excluding hydrogens is 288 g/mol. The predicted octanol–water partition coefficient (Wildman–Crippen LogP) is 6.79. The van der Waals surface area contributed by atoms with Gasteiger partial charge >= 0.3 is 0 Å². The van der Waals surface area contributed by atoms with Crippen LogP contribution >= 0.6 is 0 Å². The molecule has 0 nitrogen and oxygen atoms in total. The number of rotatable bonds is 0. The second kappa shape index (κ2) is 4.60. The molecule has 2 atom stereocenters. The number of hydrogen-bond donors (Lipinski definition) is 0. The first-order valence-corrected chi connectivity index (χ1v) is 9.29. The summed E-state index contributed by atoms with van der Waals surface area (Å²) in [6, 6.07) is 18.3. The van der Waals surface area contributed by atoms with Crippen LogP contribution in [0.15, 0.2) is 54.6 Å². The molecule has 0 heterocycles. The lowest BCUT2D eigenvalue weighted by atomic mass is 9.70. The van der Waals surface area contributed by atoms with Crippen LogP contribution in [-0.2, 0) is 0 Å². The molecule has 3 aliphatic carbocycles. The summed E-state index contributed by atoms with van der Waals surface area (Å²) in [6.07, 6.45) is 10.4. The second-order valence-electron chi connectivity index (χ2n) is 7.61. The van der Waals surface area contributed by atoms with E-state index in [4.69, 9.17) is 0 Å². The topological polar surface area (TPSA) is 0 Å². The Balaban J connectivity index is 1.73. The normalized spacial score (nSPS) is 23.0. The molecule has 0 bridgehead atoms. The molecule has 0 amide bonds. The van der Waals surface area contributed by atoms with Gasteiger partial charge < -0.3 is 0 Å². The van der Waals surface area contributed by atoms with Gasteiger partial charge in [-0.1, -0.05) is 67.5 Å². The highest BCUT2D eigenvalue weighted by Crippen LogP contribution is 2.52. The molecule has 24 heavy (non-hydrogen) atoms. The number of benzene rings is 3. The van der Waals surface area contributed by atoms with Gasteiger partial charge in [0.2, 0.25) is 0 Å². The molecule has 2 unspecified atom stereocenters. The first kappa shape index (κ1) is 13.0. The molecule has 6 rings (SSSR count). The van der Waals surface area contributed by atoms with Crippen LogP contribution in [0, 0.1) is 5.92 Å². The molecule has 0 aromatic heterocycles. The van der Waals surface area contributed by atoms with Crippen molar-refractivity contribution in [3.8, 4) is 22.3 Å². The molecule has 3 aromatic carbocycles. The van der Waals surface area contributed by atoms with E-state index in [1.54, 1.807) is 5.56 Å². The number of allylic oxidation sites excluding steroid dienone is 1. The second-order valence-corrected chi connectivity index (χ2v) is 7.61. The van der Waals surface area contributed by atoms with Gasteiger partial charge in [0, 0.05) is 0 Å². The maximum absolute atomic E-state index is 2.54. The van der Waals surface area contributed by atoms with E-state index >= 15 is 0 Å². The number of fused-ring (bicyclic) bond motifs is 7. The van der Waals surface area contributed by atoms with Crippen LogP contribution in [0.5, 0.6) is 0 Å². The Hall–Kier alpha value is -2.34. The van der Waals surface area contributed by atoms with Crippen molar-refractivity contribution < 1.29 is 0 Å². The quantitative estimate of drug-likeness (QED) is 0.335. The molecule has 0 aliphatic heterocycles. The van der Waals surface area contributed by atoms with Gasteiger partial charge in [-0.3, -0.25) is 0 Å². The SMILES string of the molecule is C1=CC2CCCCC2c2cc3c4c(cccc4c21)-c1ccccc1-3. The van der Waals surface area contributed by atoms with Crippen molar-refractivity contribution in [2.24, 2.45) is 5.92 Å². The lowest BCUT2D eigenvalue weighted by Crippen LogP contribution is -2.19. The van der Waals surface area contributed by atoms with Crippen LogP contribution in [0.1, 0.15) is 42.7 Å². The van der Waals surface area contributed by atoms with Crippen LogP contribution < -0.4 is 0 Å². The van der Waals surface area contributed by atoms with Gasteiger partial charge in [0.05, 0.1) is 0 Å². The molecule has 0 spiro atoms. The zero-order chi connectivity index (χ0) is 15.7. The van der Waals surface area contributed by atoms with E-state index in [9.17, 15) is 0 Å². The van der Waals surface area contributed by atoms with E-state index < -0.39 is 0 Å². The van der Waals surface area contributed by atoms with Crippen LogP contribution in [0.3, 0.4) is 0 Å². The minimum absolute atomic E-state index is 0.732. The van der Waals surface area contributed by atoms with Crippen LogP contribution in [-0.4, -0.2) is 0 Å². The Labute approximate surface area is 142 Å². The summed E-state index contributed by atoms with van der Waals surface area (Å²) in [5.41, 5.74) is 8.82. The summed E-state index contributed by atoms with van der Waals surface area (Å²) >= 11 is 0. The van der Waals surface area contributed by atoms with E-state index in [0.29, 0.717) is 0 Å². The highest BCUT2D eigenvalue weighted by atomic mass is 14.4. The minimum Gasteiger partial charge on any atom is -0.0802 e. The van der Waals surface area contributed by atoms with Crippen molar-refractivity contribution in [2.75, 3.05) is 0 Å². The van der Waals surface area contributed by atoms with Gasteiger partial charge in [-0.15, -0.1) is 0 Å². The first-order chi connectivity index (χ1) is 11.9. The highest BCUT2D eigenvalue weighted by Gasteiger charge is 2.32. The zero-order valence-electron chi connectivity index (χ0n) is 13.8. The van der Waals surface area contributed by atoms with Gasteiger partial charge in [0.1, 0.15) is 0 Å². The molecule has 0 saturated heterocycles. The predicted molar refractivity (Wildman–Crippen MR) is 102 cm³/mol. The molecule has 0 heteroatoms. The minimum atomic E-state index is 0.732. The van der Waals surface area contributed by atoms with E-state index in [-0.39, 0.29) is 0 Å². The monoisotopic (exact) mass is 308 g/mol. The van der Waals surface area contributed by atoms with Crippen LogP contribution in [0.25, 0.3) is 39.1 Å². The fraction of sp³-hybridized carbons (Fsp3) is 0.250. The molecule has 3 aliphatic rings. The van der Waals surface area contributed by atoms with Crippen LogP contribution in [0.4, 0.5) is 0 Å². The average Bonchev–Trinajstić information content (AvgIpc) is 2.98. The maximum atomic E-state index is 2.54. The Morgan fingerprint density at radius 1 is 0.750 bits per heavy atom. The average molecular weight is 308 g/mol. The van der Waals surface area contributed by atoms with Gasteiger partial charge in [0.15, 0.2) is 0 Å². The molecule has 0 N–H and O–H groups in total. The largest absolute Gasteiger partial charge is 0.0802 e. The van der Waals surface area contributed by atoms with Gasteiger partial charge in [0.25, 0.3) is 0 Å². The third kappa shape index (κ3) is 1.54. The third-order valence-electron chi connectivity index (χ3n) is 6.47. The lowest BCUT2D eigenvalue weighted by Gasteiger charge is -2.34. The summed E-state index contributed by atoms with van der Waals surface area (Å²) in [5, 5.41) is 2.92. The molecular formula is C24H20. The van der Waals surface area contributed by atoms with Gasteiger partial charge in [-0.2, -0.15) is 0 Å². The summed E-state index contributed by atoms with van der Waals surface area (Å²) in [7, 11) is 0. The smallest absolute Gasteiger partial charge is 0.00202 e. The molecule has 1 saturated carbocycles. The molecule has 116 valence electrons. The van der Waals surface area contributed by atoms with Gasteiger partial charge in [-0.25, -0.2) is 0 Å². The third-order valence-corrected chi connectivity index (χ3v) is 6.47. The standard InChI is InChI=1S/C24H20/c1-2-7-16-15(6-1)12-13-19-21-11-5-10-20-17-8-3-4-9-18(17)23(24(20)21)14-22(16)19/h3-5,8-16H,1-2,6-7H2. The fourth-order valence-corrected chi connectivity index (χ4v) is 5.41. The summed E-state index contributed by atoms with van der Waals surface area (Å²) < 4.78 is 0. The van der Waals surface area contributed by atoms with E-state index in [2.05, 4.69) is 60.7 Å². The Kier molecular flexibility index (Phi) is 2.49. The van der Waals surface area contributed by atoms with E-state index in [1.165, 1.54) is 64.3 Å². The van der Waals surface area contributed by atoms with Crippen LogP contribution in [0.2, 0.25) is 0 Å². The Morgan fingerprint density at radius 3 is 2.46 bits per heavy atom. The first-order valence-electron chi connectivity index (χ1n) is 9.29. The Bertz CT molecular complexity index is 1020. The maximum Gasteiger partial charge on any atom is -0.00202 e. The van der Waals surface area contributed by atoms with Crippen molar-refractivity contribution >= 4 is 16.8 Å². The Morgan fingerprint density at radius 2 is 1.54 bits per heavy atom. The van der Waals surface area contributed by atoms with Crippen molar-refractivity contribution in [3.05, 3.63) is 65.7 Å². The number of hydrogen-bond acceptors (Lipinski definition) is 0. The highest BCUT2D eigenvalue weighted by molar-refractivity contribution is 6.17.